The number of carbonyl (C=O) groups is 2. The summed E-state index contributed by atoms with van der Waals surface area (Å²) in [4.78, 5) is 41.3. The molecule has 1 fully saturated rings. The molecule has 222 valence electrons. The second-order valence-electron chi connectivity index (χ2n) is 10.9. The van der Waals surface area contributed by atoms with Crippen molar-refractivity contribution in [2.24, 2.45) is 0 Å². The van der Waals surface area contributed by atoms with E-state index in [0.717, 1.165) is 36.0 Å². The molecule has 3 atom stereocenters. The molecule has 10 heteroatoms. The van der Waals surface area contributed by atoms with Gasteiger partial charge >= 0.3 is 0 Å². The average molecular weight is 612 g/mol. The number of likely N-dealkylation sites (tertiary alicyclic amines) is 1. The van der Waals surface area contributed by atoms with Crippen LogP contribution in [0.4, 0.5) is 0 Å². The van der Waals surface area contributed by atoms with E-state index in [9.17, 15) is 14.7 Å². The molecule has 8 nitrogen and oxygen atoms in total. The van der Waals surface area contributed by atoms with Gasteiger partial charge in [-0.05, 0) is 74.2 Å². The topological polar surface area (TPSA) is 86.2 Å². The van der Waals surface area contributed by atoms with E-state index in [-0.39, 0.29) is 30.6 Å². The van der Waals surface area contributed by atoms with E-state index >= 15 is 0 Å². The van der Waals surface area contributed by atoms with Crippen LogP contribution in [0.25, 0.3) is 0 Å². The number of halogens is 2. The van der Waals surface area contributed by atoms with Crippen LogP contribution in [0.3, 0.4) is 0 Å². The van der Waals surface area contributed by atoms with Gasteiger partial charge in [-0.15, -0.1) is 0 Å². The first-order valence-corrected chi connectivity index (χ1v) is 15.0. The number of piperidine rings is 1. The molecule has 0 radical (unpaired) electrons. The van der Waals surface area contributed by atoms with E-state index in [0.29, 0.717) is 40.7 Å². The molecule has 5 rings (SSSR count). The van der Waals surface area contributed by atoms with Crippen molar-refractivity contribution in [1.29, 1.82) is 0 Å². The summed E-state index contributed by atoms with van der Waals surface area (Å²) in [7, 11) is 3.49. The summed E-state index contributed by atoms with van der Waals surface area (Å²) in [5.74, 6) is -0.246. The number of benzene rings is 2. The van der Waals surface area contributed by atoms with Crippen LogP contribution in [-0.4, -0.2) is 70.2 Å². The van der Waals surface area contributed by atoms with Crippen molar-refractivity contribution in [2.45, 2.75) is 56.8 Å². The minimum Gasteiger partial charge on any atom is -0.396 e. The van der Waals surface area contributed by atoms with E-state index in [1.165, 1.54) is 12.2 Å². The lowest BCUT2D eigenvalue weighted by Crippen LogP contribution is -2.53. The number of aromatic nitrogens is 1. The highest BCUT2D eigenvalue weighted by atomic mass is 35.5. The first-order valence-electron chi connectivity index (χ1n) is 14.2. The lowest BCUT2D eigenvalue weighted by molar-refractivity contribution is -0.147. The number of aliphatic hydroxyl groups excluding tert-OH is 1. The molecule has 0 bridgehead atoms. The predicted molar refractivity (Wildman–Crippen MR) is 162 cm³/mol. The second-order valence-corrected chi connectivity index (χ2v) is 11.8. The summed E-state index contributed by atoms with van der Waals surface area (Å²) in [6.45, 7) is 2.23. The molecule has 0 saturated carbocycles. The molecule has 0 aliphatic carbocycles. The van der Waals surface area contributed by atoms with E-state index in [1.54, 1.807) is 31.3 Å². The Balaban J connectivity index is 1.75. The van der Waals surface area contributed by atoms with Crippen LogP contribution < -0.4 is 0 Å². The van der Waals surface area contributed by atoms with Gasteiger partial charge in [0.25, 0.3) is 5.91 Å². The van der Waals surface area contributed by atoms with Gasteiger partial charge in [0.05, 0.1) is 18.3 Å². The monoisotopic (exact) mass is 610 g/mol. The third kappa shape index (κ3) is 5.42. The Labute approximate surface area is 256 Å². The normalized spacial score (nSPS) is 21.1. The highest BCUT2D eigenvalue weighted by Crippen LogP contribution is 2.50. The second kappa shape index (κ2) is 12.7. The Morgan fingerprint density at radius 1 is 1.14 bits per heavy atom. The first-order chi connectivity index (χ1) is 20.2. The Morgan fingerprint density at radius 3 is 2.52 bits per heavy atom. The Bertz CT molecular complexity index is 1440. The Kier molecular flexibility index (Phi) is 9.20. The van der Waals surface area contributed by atoms with Crippen LogP contribution >= 0.6 is 23.2 Å². The van der Waals surface area contributed by atoms with Crippen molar-refractivity contribution >= 4 is 35.0 Å². The average Bonchev–Trinajstić information content (AvgIpc) is 3.24. The van der Waals surface area contributed by atoms with Gasteiger partial charge in [-0.2, -0.15) is 0 Å². The van der Waals surface area contributed by atoms with Crippen molar-refractivity contribution in [2.75, 3.05) is 27.3 Å². The maximum Gasteiger partial charge on any atom is 0.279 e. The van der Waals surface area contributed by atoms with Gasteiger partial charge in [-0.25, -0.2) is 5.06 Å². The number of amides is 2. The fourth-order valence-electron chi connectivity index (χ4n) is 6.75. The highest BCUT2D eigenvalue weighted by molar-refractivity contribution is 6.30. The molecule has 1 N–H and O–H groups in total. The number of hydrogen-bond donors (Lipinski definition) is 1. The molecule has 2 aliphatic heterocycles. The zero-order valence-electron chi connectivity index (χ0n) is 24.1. The van der Waals surface area contributed by atoms with Gasteiger partial charge in [0, 0.05) is 60.6 Å². The molecule has 3 aromatic rings. The predicted octanol–water partition coefficient (Wildman–Crippen LogP) is 5.61. The van der Waals surface area contributed by atoms with E-state index < -0.39 is 5.54 Å². The summed E-state index contributed by atoms with van der Waals surface area (Å²) in [6, 6.07) is 16.5. The number of pyridine rings is 1. The molecule has 2 amide bonds. The molecular formula is C32H36Cl2N4O4. The molecule has 2 aromatic carbocycles. The quantitative estimate of drug-likeness (QED) is 0.339. The SMILES string of the molecule is CON1C(=O)c2cccc(C(CCO)N(C)C3CCCCN3C(C)=O)c2[C@@]1(Cc1ccc(Cl)cn1)c1ccc(Cl)cc1. The van der Waals surface area contributed by atoms with Crippen molar-refractivity contribution in [3.63, 3.8) is 0 Å². The van der Waals surface area contributed by atoms with Crippen LogP contribution in [0.5, 0.6) is 0 Å². The van der Waals surface area contributed by atoms with Crippen molar-refractivity contribution < 1.29 is 19.5 Å². The molecule has 3 heterocycles. The van der Waals surface area contributed by atoms with Crippen LogP contribution in [0.2, 0.25) is 10.0 Å². The van der Waals surface area contributed by atoms with Crippen molar-refractivity contribution in [1.82, 2.24) is 19.8 Å². The summed E-state index contributed by atoms with van der Waals surface area (Å²) in [5.41, 5.74) is 2.60. The number of fused-ring (bicyclic) bond motifs is 1. The van der Waals surface area contributed by atoms with E-state index in [1.807, 2.05) is 48.3 Å². The molecular weight excluding hydrogens is 575 g/mol. The van der Waals surface area contributed by atoms with Gasteiger partial charge in [-0.1, -0.05) is 47.5 Å². The Hall–Kier alpha value is -3.01. The lowest BCUT2D eigenvalue weighted by Gasteiger charge is -2.45. The molecule has 2 unspecified atom stereocenters. The highest BCUT2D eigenvalue weighted by Gasteiger charge is 2.54. The van der Waals surface area contributed by atoms with Gasteiger partial charge in [0.15, 0.2) is 0 Å². The number of rotatable bonds is 9. The molecule has 1 saturated heterocycles. The summed E-state index contributed by atoms with van der Waals surface area (Å²) in [5, 5.41) is 12.8. The molecule has 2 aliphatic rings. The maximum absolute atomic E-state index is 14.1. The van der Waals surface area contributed by atoms with Crippen LogP contribution in [0.15, 0.2) is 60.8 Å². The summed E-state index contributed by atoms with van der Waals surface area (Å²) < 4.78 is 0. The zero-order valence-corrected chi connectivity index (χ0v) is 25.6. The Morgan fingerprint density at radius 2 is 1.88 bits per heavy atom. The minimum absolute atomic E-state index is 0.0256. The van der Waals surface area contributed by atoms with Crippen LogP contribution in [0.1, 0.15) is 71.4 Å². The number of carbonyl (C=O) groups excluding carboxylic acids is 2. The standard InChI is InChI=1S/C32H36Cl2N4O4/c1-21(40)37-17-5-4-9-29(37)36(2)28(16-18-39)26-7-6-8-27-30(26)32(38(42-3)31(27)41,22-10-12-23(33)13-11-22)19-25-15-14-24(34)20-35-25/h6-8,10-15,20,28-29,39H,4-5,9,16-19H2,1-3H3/t28?,29?,32-/m1/s1. The third-order valence-corrected chi connectivity index (χ3v) is 9.08. The van der Waals surface area contributed by atoms with E-state index in [4.69, 9.17) is 28.0 Å². The zero-order chi connectivity index (χ0) is 30.0. The third-order valence-electron chi connectivity index (χ3n) is 8.60. The smallest absolute Gasteiger partial charge is 0.279 e. The van der Waals surface area contributed by atoms with Gasteiger partial charge in [0.2, 0.25) is 5.91 Å². The fourth-order valence-corrected chi connectivity index (χ4v) is 6.98. The fraction of sp³-hybridized carbons (Fsp3) is 0.406. The van der Waals surface area contributed by atoms with Gasteiger partial charge in [0.1, 0.15) is 5.54 Å². The molecule has 42 heavy (non-hydrogen) atoms. The van der Waals surface area contributed by atoms with Crippen molar-refractivity contribution in [3.05, 3.63) is 98.8 Å². The number of aliphatic hydroxyl groups is 1. The lowest BCUT2D eigenvalue weighted by atomic mass is 9.75. The summed E-state index contributed by atoms with van der Waals surface area (Å²) in [6.07, 6.45) is 4.95. The molecule has 1 aromatic heterocycles. The van der Waals surface area contributed by atoms with Crippen LogP contribution in [-0.2, 0) is 21.6 Å². The number of nitrogens with zero attached hydrogens (tertiary/aromatic N) is 4. The minimum atomic E-state index is -1.11. The number of hydroxylamine groups is 2. The summed E-state index contributed by atoms with van der Waals surface area (Å²) >= 11 is 12.5. The maximum atomic E-state index is 14.1. The first kappa shape index (κ1) is 30.4. The van der Waals surface area contributed by atoms with E-state index in [2.05, 4.69) is 9.88 Å². The number of hydrogen-bond acceptors (Lipinski definition) is 6. The van der Waals surface area contributed by atoms with Crippen molar-refractivity contribution in [3.8, 4) is 0 Å². The largest absolute Gasteiger partial charge is 0.396 e. The van der Waals surface area contributed by atoms with Crippen LogP contribution in [0, 0.1) is 0 Å². The van der Waals surface area contributed by atoms with Gasteiger partial charge < -0.3 is 10.0 Å². The molecule has 0 spiro atoms. The van der Waals surface area contributed by atoms with Gasteiger partial charge in [-0.3, -0.25) is 24.3 Å².